The van der Waals surface area contributed by atoms with E-state index in [2.05, 4.69) is 10.3 Å². The number of pyridine rings is 1. The van der Waals surface area contributed by atoms with E-state index in [4.69, 9.17) is 0 Å². The number of nitrogens with zero attached hydrogens (tertiary/aromatic N) is 2. The summed E-state index contributed by atoms with van der Waals surface area (Å²) >= 11 is 0. The summed E-state index contributed by atoms with van der Waals surface area (Å²) in [6.45, 7) is 2.41. The smallest absolute Gasteiger partial charge is 0.242 e. The van der Waals surface area contributed by atoms with Crippen LogP contribution in [0.25, 0.3) is 0 Å². The minimum Gasteiger partial charge on any atom is -0.347 e. The van der Waals surface area contributed by atoms with Crippen molar-refractivity contribution in [2.75, 3.05) is 6.54 Å². The third-order valence-electron chi connectivity index (χ3n) is 2.83. The van der Waals surface area contributed by atoms with Crippen molar-refractivity contribution >= 4 is 11.8 Å². The molecule has 1 unspecified atom stereocenters. The van der Waals surface area contributed by atoms with Gasteiger partial charge in [-0.15, -0.1) is 0 Å². The molecule has 1 aliphatic heterocycles. The summed E-state index contributed by atoms with van der Waals surface area (Å²) < 4.78 is 0. The third-order valence-corrected chi connectivity index (χ3v) is 2.83. The molecule has 0 saturated carbocycles. The van der Waals surface area contributed by atoms with Gasteiger partial charge >= 0.3 is 0 Å². The van der Waals surface area contributed by atoms with E-state index in [0.29, 0.717) is 13.0 Å². The first-order valence-corrected chi connectivity index (χ1v) is 5.63. The summed E-state index contributed by atoms with van der Waals surface area (Å²) in [5.74, 6) is -0.136. The molecular weight excluding hydrogens is 218 g/mol. The van der Waals surface area contributed by atoms with Crippen LogP contribution in [0.5, 0.6) is 0 Å². The molecule has 5 nitrogen and oxygen atoms in total. The monoisotopic (exact) mass is 233 g/mol. The van der Waals surface area contributed by atoms with Crippen molar-refractivity contribution in [2.45, 2.75) is 25.9 Å². The Morgan fingerprint density at radius 3 is 3.00 bits per heavy atom. The second kappa shape index (κ2) is 4.95. The standard InChI is InChI=1S/C12H15N3O2/c1-9-6-11(16)14-7-12(17)15(9)8-10-4-2-3-5-13-10/h2-5,9H,6-8H2,1H3,(H,14,16). The van der Waals surface area contributed by atoms with Gasteiger partial charge in [0.1, 0.15) is 0 Å². The molecule has 0 bridgehead atoms. The van der Waals surface area contributed by atoms with Gasteiger partial charge in [-0.25, -0.2) is 0 Å². The van der Waals surface area contributed by atoms with Gasteiger partial charge in [-0.1, -0.05) is 6.07 Å². The Balaban J connectivity index is 2.12. The molecule has 90 valence electrons. The minimum atomic E-state index is -0.0907. The van der Waals surface area contributed by atoms with Crippen molar-refractivity contribution in [1.82, 2.24) is 15.2 Å². The van der Waals surface area contributed by atoms with Crippen molar-refractivity contribution in [3.63, 3.8) is 0 Å². The maximum Gasteiger partial charge on any atom is 0.242 e. The Morgan fingerprint density at radius 1 is 1.47 bits per heavy atom. The summed E-state index contributed by atoms with van der Waals surface area (Å²) in [4.78, 5) is 29.1. The predicted octanol–water partition coefficient (Wildman–Crippen LogP) is 0.319. The molecule has 2 heterocycles. The van der Waals surface area contributed by atoms with Crippen LogP contribution < -0.4 is 5.32 Å². The number of rotatable bonds is 2. The van der Waals surface area contributed by atoms with Gasteiger partial charge < -0.3 is 10.2 Å². The fraction of sp³-hybridized carbons (Fsp3) is 0.417. The van der Waals surface area contributed by atoms with E-state index < -0.39 is 0 Å². The molecule has 5 heteroatoms. The second-order valence-electron chi connectivity index (χ2n) is 4.17. The van der Waals surface area contributed by atoms with Crippen LogP contribution in [-0.2, 0) is 16.1 Å². The van der Waals surface area contributed by atoms with Crippen LogP contribution >= 0.6 is 0 Å². The fourth-order valence-corrected chi connectivity index (χ4v) is 1.88. The van der Waals surface area contributed by atoms with Gasteiger partial charge in [-0.3, -0.25) is 14.6 Å². The molecule has 1 N–H and O–H groups in total. The van der Waals surface area contributed by atoms with E-state index in [-0.39, 0.29) is 24.4 Å². The first-order valence-electron chi connectivity index (χ1n) is 5.63. The molecule has 17 heavy (non-hydrogen) atoms. The Bertz CT molecular complexity index is 419. The van der Waals surface area contributed by atoms with Gasteiger partial charge in [0, 0.05) is 18.7 Å². The lowest BCUT2D eigenvalue weighted by Gasteiger charge is -2.25. The number of nitrogens with one attached hydrogen (secondary N) is 1. The highest BCUT2D eigenvalue weighted by Crippen LogP contribution is 2.11. The van der Waals surface area contributed by atoms with E-state index in [1.54, 1.807) is 11.1 Å². The van der Waals surface area contributed by atoms with Crippen molar-refractivity contribution < 1.29 is 9.59 Å². The molecule has 2 amide bonds. The maximum atomic E-state index is 11.9. The first kappa shape index (κ1) is 11.6. The molecule has 1 fully saturated rings. The second-order valence-corrected chi connectivity index (χ2v) is 4.17. The number of hydrogen-bond donors (Lipinski definition) is 1. The molecule has 0 aliphatic carbocycles. The van der Waals surface area contributed by atoms with E-state index in [1.807, 2.05) is 25.1 Å². The SMILES string of the molecule is CC1CC(=O)NCC(=O)N1Cc1ccccn1. The largest absolute Gasteiger partial charge is 0.347 e. The van der Waals surface area contributed by atoms with Crippen LogP contribution in [0.3, 0.4) is 0 Å². The number of carbonyl (C=O) groups is 2. The van der Waals surface area contributed by atoms with Gasteiger partial charge in [0.05, 0.1) is 18.8 Å². The molecule has 0 spiro atoms. The minimum absolute atomic E-state index is 0.0611. The van der Waals surface area contributed by atoms with E-state index in [0.717, 1.165) is 5.69 Å². The van der Waals surface area contributed by atoms with Crippen molar-refractivity contribution in [1.29, 1.82) is 0 Å². The van der Waals surface area contributed by atoms with Gasteiger partial charge in [0.15, 0.2) is 0 Å². The molecule has 1 aliphatic rings. The highest BCUT2D eigenvalue weighted by molar-refractivity contribution is 5.87. The molecule has 0 radical (unpaired) electrons. The molecule has 2 rings (SSSR count). The summed E-state index contributed by atoms with van der Waals surface area (Å²) in [5, 5.41) is 2.59. The topological polar surface area (TPSA) is 62.3 Å². The molecule has 1 aromatic heterocycles. The summed E-state index contributed by atoms with van der Waals surface area (Å²) in [6.07, 6.45) is 2.05. The van der Waals surface area contributed by atoms with Gasteiger partial charge in [0.25, 0.3) is 0 Å². The van der Waals surface area contributed by atoms with E-state index >= 15 is 0 Å². The molecule has 1 atom stereocenters. The number of aromatic nitrogens is 1. The lowest BCUT2D eigenvalue weighted by atomic mass is 10.2. The fourth-order valence-electron chi connectivity index (χ4n) is 1.88. The maximum absolute atomic E-state index is 11.9. The van der Waals surface area contributed by atoms with Crippen LogP contribution in [0.4, 0.5) is 0 Å². The normalized spacial score (nSPS) is 21.0. The summed E-state index contributed by atoms with van der Waals surface area (Å²) in [6, 6.07) is 5.51. The highest BCUT2D eigenvalue weighted by Gasteiger charge is 2.26. The first-order chi connectivity index (χ1) is 8.16. The van der Waals surface area contributed by atoms with Crippen molar-refractivity contribution in [2.24, 2.45) is 0 Å². The Labute approximate surface area is 99.8 Å². The zero-order chi connectivity index (χ0) is 12.3. The molecule has 0 aromatic carbocycles. The Morgan fingerprint density at radius 2 is 2.29 bits per heavy atom. The van der Waals surface area contributed by atoms with Gasteiger partial charge in [0.2, 0.25) is 11.8 Å². The third kappa shape index (κ3) is 2.81. The zero-order valence-electron chi connectivity index (χ0n) is 9.72. The molecule has 1 saturated heterocycles. The molecule has 1 aromatic rings. The lowest BCUT2D eigenvalue weighted by molar-refractivity contribution is -0.132. The quantitative estimate of drug-likeness (QED) is 0.800. The van der Waals surface area contributed by atoms with Gasteiger partial charge in [-0.05, 0) is 19.1 Å². The lowest BCUT2D eigenvalue weighted by Crippen LogP contribution is -2.39. The van der Waals surface area contributed by atoms with Crippen LogP contribution in [0.2, 0.25) is 0 Å². The van der Waals surface area contributed by atoms with Crippen molar-refractivity contribution in [3.8, 4) is 0 Å². The van der Waals surface area contributed by atoms with Crippen molar-refractivity contribution in [3.05, 3.63) is 30.1 Å². The zero-order valence-corrected chi connectivity index (χ0v) is 9.72. The van der Waals surface area contributed by atoms with E-state index in [1.165, 1.54) is 0 Å². The highest BCUT2D eigenvalue weighted by atomic mass is 16.2. The van der Waals surface area contributed by atoms with Crippen LogP contribution in [0.15, 0.2) is 24.4 Å². The van der Waals surface area contributed by atoms with E-state index in [9.17, 15) is 9.59 Å². The van der Waals surface area contributed by atoms with Crippen LogP contribution in [0, 0.1) is 0 Å². The van der Waals surface area contributed by atoms with Gasteiger partial charge in [-0.2, -0.15) is 0 Å². The predicted molar refractivity (Wildman–Crippen MR) is 61.9 cm³/mol. The summed E-state index contributed by atoms with van der Waals surface area (Å²) in [5.41, 5.74) is 0.835. The average molecular weight is 233 g/mol. The summed E-state index contributed by atoms with van der Waals surface area (Å²) in [7, 11) is 0. The number of hydrogen-bond acceptors (Lipinski definition) is 3. The molecular formula is C12H15N3O2. The van der Waals surface area contributed by atoms with Crippen LogP contribution in [0.1, 0.15) is 19.0 Å². The average Bonchev–Trinajstić information content (AvgIpc) is 2.44. The Kier molecular flexibility index (Phi) is 3.37. The van der Waals surface area contributed by atoms with Crippen LogP contribution in [-0.4, -0.2) is 34.3 Å². The number of carbonyl (C=O) groups excluding carboxylic acids is 2. The number of amides is 2. The Hall–Kier alpha value is -1.91.